The van der Waals surface area contributed by atoms with Gasteiger partial charge in [0.05, 0.1) is 5.56 Å². The van der Waals surface area contributed by atoms with Crippen LogP contribution in [0, 0.1) is 0 Å². The van der Waals surface area contributed by atoms with E-state index >= 15 is 0 Å². The second kappa shape index (κ2) is 6.49. The SMILES string of the molecule is CC(=O)O[C@@H]1CC(O)O[C@@H]1COC(=O)c1ccccc1. The lowest BCUT2D eigenvalue weighted by Crippen LogP contribution is -2.31. The molecule has 3 atom stereocenters. The molecule has 0 spiro atoms. The van der Waals surface area contributed by atoms with Gasteiger partial charge in [-0.15, -0.1) is 0 Å². The minimum Gasteiger partial charge on any atom is -0.459 e. The van der Waals surface area contributed by atoms with Crippen molar-refractivity contribution in [3.8, 4) is 0 Å². The topological polar surface area (TPSA) is 82.1 Å². The molecule has 0 aliphatic carbocycles. The van der Waals surface area contributed by atoms with Gasteiger partial charge in [-0.25, -0.2) is 4.79 Å². The van der Waals surface area contributed by atoms with E-state index in [-0.39, 0.29) is 13.0 Å². The molecule has 20 heavy (non-hydrogen) atoms. The standard InChI is InChI=1S/C14H16O6/c1-9(15)19-11-7-13(16)20-12(11)8-18-14(17)10-5-3-2-4-6-10/h2-6,11-13,16H,7-8H2,1H3/t11-,12-,13?/m1/s1. The van der Waals surface area contributed by atoms with Crippen molar-refractivity contribution in [3.05, 3.63) is 35.9 Å². The molecule has 108 valence electrons. The van der Waals surface area contributed by atoms with Crippen LogP contribution in [0.2, 0.25) is 0 Å². The first kappa shape index (κ1) is 14.5. The second-order valence-corrected chi connectivity index (χ2v) is 4.48. The van der Waals surface area contributed by atoms with Crippen molar-refractivity contribution in [2.75, 3.05) is 6.61 Å². The Morgan fingerprint density at radius 3 is 2.70 bits per heavy atom. The van der Waals surface area contributed by atoms with Crippen LogP contribution in [0.3, 0.4) is 0 Å². The largest absolute Gasteiger partial charge is 0.459 e. The molecule has 1 N–H and O–H groups in total. The molecule has 1 saturated heterocycles. The summed E-state index contributed by atoms with van der Waals surface area (Å²) in [5.41, 5.74) is 0.426. The zero-order valence-corrected chi connectivity index (χ0v) is 11.0. The van der Waals surface area contributed by atoms with Crippen LogP contribution >= 0.6 is 0 Å². The predicted molar refractivity (Wildman–Crippen MR) is 67.8 cm³/mol. The number of carbonyl (C=O) groups excluding carboxylic acids is 2. The van der Waals surface area contributed by atoms with E-state index in [4.69, 9.17) is 14.2 Å². The molecule has 1 aliphatic heterocycles. The summed E-state index contributed by atoms with van der Waals surface area (Å²) in [6, 6.07) is 8.53. The smallest absolute Gasteiger partial charge is 0.338 e. The molecule has 0 radical (unpaired) electrons. The number of hydrogen-bond acceptors (Lipinski definition) is 6. The number of ether oxygens (including phenoxy) is 3. The highest BCUT2D eigenvalue weighted by Gasteiger charge is 2.37. The Hall–Kier alpha value is -1.92. The summed E-state index contributed by atoms with van der Waals surface area (Å²) in [7, 11) is 0. The maximum atomic E-state index is 11.8. The molecule has 2 rings (SSSR count). The van der Waals surface area contributed by atoms with Crippen molar-refractivity contribution < 1.29 is 28.9 Å². The van der Waals surface area contributed by atoms with Crippen LogP contribution < -0.4 is 0 Å². The van der Waals surface area contributed by atoms with E-state index in [1.54, 1.807) is 30.3 Å². The molecular formula is C14H16O6. The molecule has 6 nitrogen and oxygen atoms in total. The van der Waals surface area contributed by atoms with Crippen molar-refractivity contribution in [1.82, 2.24) is 0 Å². The molecule has 1 heterocycles. The summed E-state index contributed by atoms with van der Waals surface area (Å²) in [5, 5.41) is 9.41. The van der Waals surface area contributed by atoms with Gasteiger partial charge in [-0.1, -0.05) is 18.2 Å². The van der Waals surface area contributed by atoms with Gasteiger partial charge in [-0.3, -0.25) is 4.79 Å². The van der Waals surface area contributed by atoms with Gasteiger partial charge in [0.2, 0.25) is 0 Å². The van der Waals surface area contributed by atoms with Gasteiger partial charge >= 0.3 is 11.9 Å². The van der Waals surface area contributed by atoms with E-state index in [2.05, 4.69) is 0 Å². The average Bonchev–Trinajstić information content (AvgIpc) is 2.76. The van der Waals surface area contributed by atoms with E-state index in [1.165, 1.54) is 6.92 Å². The summed E-state index contributed by atoms with van der Waals surface area (Å²) in [5.74, 6) is -0.954. The van der Waals surface area contributed by atoms with Crippen molar-refractivity contribution in [3.63, 3.8) is 0 Å². The molecule has 0 bridgehead atoms. The molecule has 1 fully saturated rings. The predicted octanol–water partition coefficient (Wildman–Crippen LogP) is 0.882. The maximum Gasteiger partial charge on any atom is 0.338 e. The lowest BCUT2D eigenvalue weighted by molar-refractivity contribution is -0.151. The number of aliphatic hydroxyl groups excluding tert-OH is 1. The van der Waals surface area contributed by atoms with Gasteiger partial charge in [0.1, 0.15) is 18.8 Å². The van der Waals surface area contributed by atoms with Crippen LogP contribution in [0.1, 0.15) is 23.7 Å². The van der Waals surface area contributed by atoms with Crippen molar-refractivity contribution >= 4 is 11.9 Å². The third kappa shape index (κ3) is 3.79. The Balaban J connectivity index is 1.89. The quantitative estimate of drug-likeness (QED) is 0.825. The monoisotopic (exact) mass is 280 g/mol. The zero-order chi connectivity index (χ0) is 14.5. The normalized spacial score (nSPS) is 25.2. The van der Waals surface area contributed by atoms with E-state index in [1.807, 2.05) is 0 Å². The number of aliphatic hydroxyl groups is 1. The minimum absolute atomic E-state index is 0.0806. The number of esters is 2. The molecule has 0 aromatic heterocycles. The number of carbonyl (C=O) groups is 2. The molecule has 1 unspecified atom stereocenters. The lowest BCUT2D eigenvalue weighted by Gasteiger charge is -2.17. The lowest BCUT2D eigenvalue weighted by atomic mass is 10.2. The summed E-state index contributed by atoms with van der Waals surface area (Å²) < 4.78 is 15.3. The highest BCUT2D eigenvalue weighted by atomic mass is 16.7. The highest BCUT2D eigenvalue weighted by molar-refractivity contribution is 5.89. The van der Waals surface area contributed by atoms with Gasteiger partial charge in [-0.2, -0.15) is 0 Å². The third-order valence-electron chi connectivity index (χ3n) is 2.89. The first-order chi connectivity index (χ1) is 9.56. The van der Waals surface area contributed by atoms with E-state index in [0.29, 0.717) is 5.56 Å². The highest BCUT2D eigenvalue weighted by Crippen LogP contribution is 2.22. The van der Waals surface area contributed by atoms with Gasteiger partial charge < -0.3 is 19.3 Å². The first-order valence-corrected chi connectivity index (χ1v) is 6.29. The van der Waals surface area contributed by atoms with E-state index < -0.39 is 30.4 Å². The van der Waals surface area contributed by atoms with Crippen molar-refractivity contribution in [1.29, 1.82) is 0 Å². The molecule has 1 aromatic carbocycles. The second-order valence-electron chi connectivity index (χ2n) is 4.48. The Morgan fingerprint density at radius 1 is 1.35 bits per heavy atom. The minimum atomic E-state index is -1.01. The molecular weight excluding hydrogens is 264 g/mol. The van der Waals surface area contributed by atoms with E-state index in [0.717, 1.165) is 0 Å². The summed E-state index contributed by atoms with van der Waals surface area (Å²) >= 11 is 0. The van der Waals surface area contributed by atoms with Crippen molar-refractivity contribution in [2.45, 2.75) is 31.8 Å². The van der Waals surface area contributed by atoms with Gasteiger partial charge in [-0.05, 0) is 12.1 Å². The van der Waals surface area contributed by atoms with Crippen LogP contribution in [0.4, 0.5) is 0 Å². The fourth-order valence-corrected chi connectivity index (χ4v) is 1.99. The fraction of sp³-hybridized carbons (Fsp3) is 0.429. The molecule has 0 saturated carbocycles. The Kier molecular flexibility index (Phi) is 4.70. The van der Waals surface area contributed by atoms with Gasteiger partial charge in [0.15, 0.2) is 6.29 Å². The summed E-state index contributed by atoms with van der Waals surface area (Å²) in [4.78, 5) is 22.7. The Labute approximate surface area is 116 Å². The van der Waals surface area contributed by atoms with Crippen LogP contribution in [0.25, 0.3) is 0 Å². The summed E-state index contributed by atoms with van der Waals surface area (Å²) in [6.45, 7) is 1.19. The number of rotatable bonds is 4. The van der Waals surface area contributed by atoms with Crippen LogP contribution in [-0.4, -0.2) is 42.1 Å². The van der Waals surface area contributed by atoms with Crippen LogP contribution in [0.5, 0.6) is 0 Å². The number of hydrogen-bond donors (Lipinski definition) is 1. The molecule has 1 aliphatic rings. The summed E-state index contributed by atoms with van der Waals surface area (Å²) in [6.07, 6.45) is -2.10. The Bertz CT molecular complexity index is 472. The molecule has 6 heteroatoms. The fourth-order valence-electron chi connectivity index (χ4n) is 1.99. The van der Waals surface area contributed by atoms with Gasteiger partial charge in [0.25, 0.3) is 0 Å². The number of benzene rings is 1. The van der Waals surface area contributed by atoms with E-state index in [9.17, 15) is 14.7 Å². The zero-order valence-electron chi connectivity index (χ0n) is 11.0. The molecule has 1 aromatic rings. The first-order valence-electron chi connectivity index (χ1n) is 6.29. The Morgan fingerprint density at radius 2 is 2.05 bits per heavy atom. The third-order valence-corrected chi connectivity index (χ3v) is 2.89. The maximum absolute atomic E-state index is 11.8. The van der Waals surface area contributed by atoms with Crippen molar-refractivity contribution in [2.24, 2.45) is 0 Å². The average molecular weight is 280 g/mol. The van der Waals surface area contributed by atoms with Gasteiger partial charge in [0, 0.05) is 13.3 Å². The molecule has 0 amide bonds. The van der Waals surface area contributed by atoms with Crippen LogP contribution in [-0.2, 0) is 19.0 Å². The van der Waals surface area contributed by atoms with Crippen LogP contribution in [0.15, 0.2) is 30.3 Å².